The van der Waals surface area contributed by atoms with Crippen molar-refractivity contribution in [3.63, 3.8) is 0 Å². The number of nitrogen functional groups attached to an aromatic ring is 1. The quantitative estimate of drug-likeness (QED) is 0.879. The zero-order valence-corrected chi connectivity index (χ0v) is 11.8. The highest BCUT2D eigenvalue weighted by atomic mass is 32.2. The summed E-state index contributed by atoms with van der Waals surface area (Å²) >= 11 is 0. The molecule has 0 saturated carbocycles. The summed E-state index contributed by atoms with van der Waals surface area (Å²) in [4.78, 5) is 14.9. The highest BCUT2D eigenvalue weighted by Crippen LogP contribution is 2.24. The van der Waals surface area contributed by atoms with E-state index < -0.39 is 15.8 Å². The van der Waals surface area contributed by atoms with Crippen molar-refractivity contribution in [1.29, 1.82) is 0 Å². The van der Waals surface area contributed by atoms with Crippen molar-refractivity contribution in [2.75, 3.05) is 12.0 Å². The number of carbonyl (C=O) groups is 1. The van der Waals surface area contributed by atoms with Crippen molar-refractivity contribution >= 4 is 21.5 Å². The first kappa shape index (κ1) is 14.8. The lowest BCUT2D eigenvalue weighted by molar-refractivity contribution is 0.0697. The second-order valence-electron chi connectivity index (χ2n) is 4.26. The fourth-order valence-corrected chi connectivity index (χ4v) is 2.23. The van der Waals surface area contributed by atoms with Crippen LogP contribution in [0.5, 0.6) is 11.6 Å². The molecule has 7 nitrogen and oxygen atoms in total. The third-order valence-electron chi connectivity index (χ3n) is 2.60. The largest absolute Gasteiger partial charge is 0.478 e. The molecule has 0 aliphatic rings. The number of sulfone groups is 1. The predicted octanol–water partition coefficient (Wildman–Crippen LogP) is 1.56. The van der Waals surface area contributed by atoms with Gasteiger partial charge in [0.25, 0.3) is 0 Å². The summed E-state index contributed by atoms with van der Waals surface area (Å²) < 4.78 is 28.3. The smallest absolute Gasteiger partial charge is 0.338 e. The number of carboxylic acid groups (broad SMARTS) is 1. The summed E-state index contributed by atoms with van der Waals surface area (Å²) in [7, 11) is -3.36. The Bertz CT molecular complexity index is 802. The van der Waals surface area contributed by atoms with E-state index in [1.165, 1.54) is 36.5 Å². The lowest BCUT2D eigenvalue weighted by Crippen LogP contribution is -2.04. The van der Waals surface area contributed by atoms with Crippen LogP contribution in [0.15, 0.2) is 41.4 Å². The van der Waals surface area contributed by atoms with Gasteiger partial charge in [-0.3, -0.25) is 0 Å². The van der Waals surface area contributed by atoms with Crippen LogP contribution in [0.3, 0.4) is 0 Å². The summed E-state index contributed by atoms with van der Waals surface area (Å²) in [6, 6.07) is 6.98. The van der Waals surface area contributed by atoms with Crippen LogP contribution in [-0.2, 0) is 9.84 Å². The van der Waals surface area contributed by atoms with E-state index in [4.69, 9.17) is 15.6 Å². The Kier molecular flexibility index (Phi) is 3.81. The molecule has 0 aliphatic carbocycles. The summed E-state index contributed by atoms with van der Waals surface area (Å²) in [6.07, 6.45) is 2.25. The zero-order chi connectivity index (χ0) is 15.6. The maximum Gasteiger partial charge on any atom is 0.338 e. The highest BCUT2D eigenvalue weighted by molar-refractivity contribution is 7.90. The third kappa shape index (κ3) is 3.48. The summed E-state index contributed by atoms with van der Waals surface area (Å²) in [5.41, 5.74) is 5.36. The van der Waals surface area contributed by atoms with E-state index in [0.717, 1.165) is 6.26 Å². The van der Waals surface area contributed by atoms with Crippen LogP contribution >= 0.6 is 0 Å². The average molecular weight is 308 g/mol. The van der Waals surface area contributed by atoms with E-state index in [1.807, 2.05) is 0 Å². The molecule has 110 valence electrons. The number of pyridine rings is 1. The summed E-state index contributed by atoms with van der Waals surface area (Å²) in [5.74, 6) is -0.969. The van der Waals surface area contributed by atoms with Crippen molar-refractivity contribution in [2.45, 2.75) is 4.90 Å². The first-order chi connectivity index (χ1) is 9.77. The Morgan fingerprint density at radius 3 is 2.67 bits per heavy atom. The van der Waals surface area contributed by atoms with Crippen LogP contribution in [0.4, 0.5) is 5.69 Å². The number of rotatable bonds is 4. The second kappa shape index (κ2) is 5.41. The van der Waals surface area contributed by atoms with Crippen LogP contribution in [0, 0.1) is 0 Å². The van der Waals surface area contributed by atoms with Crippen molar-refractivity contribution in [3.05, 3.63) is 42.1 Å². The molecular formula is C13H12N2O5S. The topological polar surface area (TPSA) is 120 Å². The zero-order valence-electron chi connectivity index (χ0n) is 11.0. The molecule has 1 aromatic heterocycles. The molecule has 2 aromatic rings. The molecule has 2 rings (SSSR count). The molecule has 3 N–H and O–H groups in total. The van der Waals surface area contributed by atoms with Gasteiger partial charge in [0.15, 0.2) is 9.84 Å². The molecule has 1 aromatic carbocycles. The van der Waals surface area contributed by atoms with Crippen molar-refractivity contribution in [2.24, 2.45) is 0 Å². The number of hydrogen-bond donors (Lipinski definition) is 2. The van der Waals surface area contributed by atoms with Crippen molar-refractivity contribution < 1.29 is 23.1 Å². The molecule has 8 heteroatoms. The number of ether oxygens (including phenoxy) is 1. The molecule has 0 unspecified atom stereocenters. The maximum absolute atomic E-state index is 11.5. The molecule has 1 heterocycles. The van der Waals surface area contributed by atoms with Crippen LogP contribution in [0.2, 0.25) is 0 Å². The number of carboxylic acids is 1. The molecule has 0 atom stereocenters. The van der Waals surface area contributed by atoms with E-state index >= 15 is 0 Å². The lowest BCUT2D eigenvalue weighted by atomic mass is 10.2. The van der Waals surface area contributed by atoms with Gasteiger partial charge in [-0.25, -0.2) is 18.2 Å². The van der Waals surface area contributed by atoms with Gasteiger partial charge in [0.2, 0.25) is 5.88 Å². The fourth-order valence-electron chi connectivity index (χ4n) is 1.58. The Labute approximate surface area is 120 Å². The van der Waals surface area contributed by atoms with Gasteiger partial charge in [-0.15, -0.1) is 0 Å². The average Bonchev–Trinajstić information content (AvgIpc) is 2.40. The lowest BCUT2D eigenvalue weighted by Gasteiger charge is -2.08. The minimum Gasteiger partial charge on any atom is -0.478 e. The third-order valence-corrected chi connectivity index (χ3v) is 3.71. The number of nitrogens with two attached hydrogens (primary N) is 1. The Morgan fingerprint density at radius 1 is 1.33 bits per heavy atom. The molecule has 0 bridgehead atoms. The monoisotopic (exact) mass is 308 g/mol. The van der Waals surface area contributed by atoms with E-state index in [-0.39, 0.29) is 27.8 Å². The summed E-state index contributed by atoms with van der Waals surface area (Å²) in [5, 5.41) is 8.96. The number of benzene rings is 1. The van der Waals surface area contributed by atoms with Crippen LogP contribution in [-0.4, -0.2) is 30.7 Å². The van der Waals surface area contributed by atoms with Gasteiger partial charge >= 0.3 is 5.97 Å². The standard InChI is InChI=1S/C13H12N2O5S/c1-21(18,19)9-4-2-3-8(5-9)20-12-6-10(13(16)17)11(14)7-15-12/h2-7H,14H2,1H3,(H,16,17). The molecule has 0 aliphatic heterocycles. The minimum atomic E-state index is -3.36. The summed E-state index contributed by atoms with van der Waals surface area (Å²) in [6.45, 7) is 0. The molecule has 0 amide bonds. The first-order valence-electron chi connectivity index (χ1n) is 5.74. The van der Waals surface area contributed by atoms with E-state index in [9.17, 15) is 13.2 Å². The van der Waals surface area contributed by atoms with Gasteiger partial charge in [-0.05, 0) is 18.2 Å². The van der Waals surface area contributed by atoms with Gasteiger partial charge in [-0.1, -0.05) is 6.07 Å². The van der Waals surface area contributed by atoms with Gasteiger partial charge in [0.1, 0.15) is 5.75 Å². The predicted molar refractivity (Wildman–Crippen MR) is 75.2 cm³/mol. The normalized spacial score (nSPS) is 11.1. The van der Waals surface area contributed by atoms with Crippen LogP contribution < -0.4 is 10.5 Å². The molecule has 0 spiro atoms. The van der Waals surface area contributed by atoms with Gasteiger partial charge in [-0.2, -0.15) is 0 Å². The fraction of sp³-hybridized carbons (Fsp3) is 0.0769. The number of anilines is 1. The Hall–Kier alpha value is -2.61. The van der Waals surface area contributed by atoms with Gasteiger partial charge in [0, 0.05) is 12.3 Å². The number of hydrogen-bond acceptors (Lipinski definition) is 6. The van der Waals surface area contributed by atoms with Gasteiger partial charge in [0.05, 0.1) is 22.3 Å². The molecule has 0 saturated heterocycles. The number of aromatic nitrogens is 1. The SMILES string of the molecule is CS(=O)(=O)c1cccc(Oc2cc(C(=O)O)c(N)cn2)c1. The van der Waals surface area contributed by atoms with Gasteiger partial charge < -0.3 is 15.6 Å². The van der Waals surface area contributed by atoms with E-state index in [0.29, 0.717) is 0 Å². The Morgan fingerprint density at radius 2 is 2.05 bits per heavy atom. The molecule has 21 heavy (non-hydrogen) atoms. The van der Waals surface area contributed by atoms with Crippen LogP contribution in [0.25, 0.3) is 0 Å². The Balaban J connectivity index is 2.35. The first-order valence-corrected chi connectivity index (χ1v) is 7.63. The molecule has 0 fully saturated rings. The van der Waals surface area contributed by atoms with Crippen molar-refractivity contribution in [3.8, 4) is 11.6 Å². The highest BCUT2D eigenvalue weighted by Gasteiger charge is 2.12. The van der Waals surface area contributed by atoms with Crippen molar-refractivity contribution in [1.82, 2.24) is 4.98 Å². The number of aromatic carboxylic acids is 1. The maximum atomic E-state index is 11.5. The van der Waals surface area contributed by atoms with E-state index in [1.54, 1.807) is 0 Å². The minimum absolute atomic E-state index is 0.00671. The second-order valence-corrected chi connectivity index (χ2v) is 6.28. The van der Waals surface area contributed by atoms with E-state index in [2.05, 4.69) is 4.98 Å². The molecular weight excluding hydrogens is 296 g/mol. The number of nitrogens with zero attached hydrogens (tertiary/aromatic N) is 1. The molecule has 0 radical (unpaired) electrons. The van der Waals surface area contributed by atoms with Crippen LogP contribution in [0.1, 0.15) is 10.4 Å².